The minimum Gasteiger partial charge on any atom is -0.309 e. The Morgan fingerprint density at radius 2 is 2.43 bits per heavy atom. The van der Waals surface area contributed by atoms with Crippen LogP contribution >= 0.6 is 22.9 Å². The third-order valence-electron chi connectivity index (χ3n) is 2.09. The zero-order valence-electron chi connectivity index (χ0n) is 8.64. The van der Waals surface area contributed by atoms with Crippen LogP contribution < -0.4 is 5.32 Å². The van der Waals surface area contributed by atoms with E-state index in [0.29, 0.717) is 6.04 Å². The van der Waals surface area contributed by atoms with Gasteiger partial charge in [0.2, 0.25) is 0 Å². The van der Waals surface area contributed by atoms with Crippen molar-refractivity contribution in [1.29, 1.82) is 0 Å². The summed E-state index contributed by atoms with van der Waals surface area (Å²) in [5, 5.41) is 6.42. The van der Waals surface area contributed by atoms with E-state index in [4.69, 9.17) is 11.6 Å². The second-order valence-electron chi connectivity index (χ2n) is 3.23. The van der Waals surface area contributed by atoms with Crippen molar-refractivity contribution in [1.82, 2.24) is 5.32 Å². The fourth-order valence-electron chi connectivity index (χ4n) is 1.38. The van der Waals surface area contributed by atoms with Crippen molar-refractivity contribution in [2.45, 2.75) is 26.3 Å². The Morgan fingerprint density at radius 1 is 1.71 bits per heavy atom. The van der Waals surface area contributed by atoms with Crippen molar-refractivity contribution in [2.75, 3.05) is 6.54 Å². The molecule has 1 N–H and O–H groups in total. The van der Waals surface area contributed by atoms with Gasteiger partial charge in [0.1, 0.15) is 0 Å². The fraction of sp³-hybridized carbons (Fsp3) is 0.455. The molecular weight excluding hydrogens is 214 g/mol. The third kappa shape index (κ3) is 2.59. The molecule has 0 fully saturated rings. The number of thiophene rings is 1. The molecular formula is C11H16ClNS. The second kappa shape index (κ2) is 5.54. The molecule has 1 heterocycles. The van der Waals surface area contributed by atoms with Crippen LogP contribution in [-0.2, 0) is 0 Å². The van der Waals surface area contributed by atoms with Gasteiger partial charge in [0.15, 0.2) is 0 Å². The maximum Gasteiger partial charge on any atom is 0.0590 e. The molecule has 14 heavy (non-hydrogen) atoms. The van der Waals surface area contributed by atoms with Crippen LogP contribution in [0, 0.1) is 6.92 Å². The summed E-state index contributed by atoms with van der Waals surface area (Å²) >= 11 is 7.93. The minimum atomic E-state index is 0.323. The number of rotatable bonds is 5. The molecule has 0 bridgehead atoms. The van der Waals surface area contributed by atoms with Gasteiger partial charge in [-0.2, -0.15) is 0 Å². The lowest BCUT2D eigenvalue weighted by atomic mass is 10.1. The van der Waals surface area contributed by atoms with Crippen molar-refractivity contribution < 1.29 is 0 Å². The Labute approximate surface area is 94.8 Å². The number of hydrogen-bond donors (Lipinski definition) is 1. The van der Waals surface area contributed by atoms with E-state index in [1.807, 2.05) is 13.0 Å². The molecule has 0 saturated heterocycles. The maximum absolute atomic E-state index is 6.21. The standard InChI is InChI=1S/C11H16ClNS/c1-4-6-9(13-5-2)11-10(12)8(3)7-14-11/h4,7,9,13H,1,5-6H2,2-3H3. The fourth-order valence-corrected chi connectivity index (χ4v) is 2.80. The summed E-state index contributed by atoms with van der Waals surface area (Å²) in [6.45, 7) is 8.86. The molecule has 1 aromatic heterocycles. The summed E-state index contributed by atoms with van der Waals surface area (Å²) < 4.78 is 0. The summed E-state index contributed by atoms with van der Waals surface area (Å²) in [7, 11) is 0. The molecule has 0 spiro atoms. The summed E-state index contributed by atoms with van der Waals surface area (Å²) in [5.74, 6) is 0. The van der Waals surface area contributed by atoms with E-state index in [9.17, 15) is 0 Å². The van der Waals surface area contributed by atoms with E-state index in [-0.39, 0.29) is 0 Å². The monoisotopic (exact) mass is 229 g/mol. The number of halogens is 1. The third-order valence-corrected chi connectivity index (χ3v) is 3.92. The highest BCUT2D eigenvalue weighted by molar-refractivity contribution is 7.10. The number of nitrogens with one attached hydrogen (secondary N) is 1. The first-order valence-corrected chi connectivity index (χ1v) is 6.04. The van der Waals surface area contributed by atoms with E-state index < -0.39 is 0 Å². The van der Waals surface area contributed by atoms with E-state index in [1.165, 1.54) is 10.4 Å². The van der Waals surface area contributed by atoms with E-state index in [1.54, 1.807) is 11.3 Å². The largest absolute Gasteiger partial charge is 0.309 e. The van der Waals surface area contributed by atoms with E-state index >= 15 is 0 Å². The van der Waals surface area contributed by atoms with Crippen LogP contribution in [0.4, 0.5) is 0 Å². The van der Waals surface area contributed by atoms with Crippen LogP contribution in [0.3, 0.4) is 0 Å². The molecule has 1 rings (SSSR count). The lowest BCUT2D eigenvalue weighted by Gasteiger charge is -2.14. The number of hydrogen-bond acceptors (Lipinski definition) is 2. The molecule has 78 valence electrons. The van der Waals surface area contributed by atoms with Gasteiger partial charge in [-0.05, 0) is 30.8 Å². The second-order valence-corrected chi connectivity index (χ2v) is 4.52. The van der Waals surface area contributed by atoms with Gasteiger partial charge < -0.3 is 5.32 Å². The Bertz CT molecular complexity index is 306. The molecule has 0 aliphatic rings. The van der Waals surface area contributed by atoms with Crippen LogP contribution in [-0.4, -0.2) is 6.54 Å². The minimum absolute atomic E-state index is 0.323. The van der Waals surface area contributed by atoms with Gasteiger partial charge in [0.05, 0.1) is 5.02 Å². The Balaban J connectivity index is 2.86. The smallest absolute Gasteiger partial charge is 0.0590 e. The molecule has 0 radical (unpaired) electrons. The predicted octanol–water partition coefficient (Wildman–Crippen LogP) is 3.94. The normalized spacial score (nSPS) is 12.8. The van der Waals surface area contributed by atoms with Gasteiger partial charge in [-0.25, -0.2) is 0 Å². The molecule has 0 aliphatic heterocycles. The highest BCUT2D eigenvalue weighted by atomic mass is 35.5. The zero-order chi connectivity index (χ0) is 10.6. The van der Waals surface area contributed by atoms with Crippen LogP contribution in [0.25, 0.3) is 0 Å². The highest BCUT2D eigenvalue weighted by Crippen LogP contribution is 2.33. The number of aryl methyl sites for hydroxylation is 1. The average Bonchev–Trinajstić information content (AvgIpc) is 2.48. The van der Waals surface area contributed by atoms with Crippen LogP contribution in [0.15, 0.2) is 18.0 Å². The molecule has 0 aliphatic carbocycles. The van der Waals surface area contributed by atoms with Crippen LogP contribution in [0.5, 0.6) is 0 Å². The van der Waals surface area contributed by atoms with Crippen molar-refractivity contribution in [3.05, 3.63) is 33.5 Å². The van der Waals surface area contributed by atoms with Crippen LogP contribution in [0.2, 0.25) is 5.02 Å². The van der Waals surface area contributed by atoms with Crippen LogP contribution in [0.1, 0.15) is 29.8 Å². The Hall–Kier alpha value is -0.310. The van der Waals surface area contributed by atoms with Gasteiger partial charge >= 0.3 is 0 Å². The lowest BCUT2D eigenvalue weighted by Crippen LogP contribution is -2.19. The van der Waals surface area contributed by atoms with Gasteiger partial charge in [-0.3, -0.25) is 0 Å². The van der Waals surface area contributed by atoms with E-state index in [0.717, 1.165) is 18.0 Å². The topological polar surface area (TPSA) is 12.0 Å². The first kappa shape index (κ1) is 11.8. The summed E-state index contributed by atoms with van der Waals surface area (Å²) in [5.41, 5.74) is 1.17. The summed E-state index contributed by atoms with van der Waals surface area (Å²) in [6, 6.07) is 0.323. The lowest BCUT2D eigenvalue weighted by molar-refractivity contribution is 0.567. The molecule has 0 saturated carbocycles. The average molecular weight is 230 g/mol. The molecule has 3 heteroatoms. The molecule has 1 aromatic rings. The molecule has 0 aromatic carbocycles. The highest BCUT2D eigenvalue weighted by Gasteiger charge is 2.15. The van der Waals surface area contributed by atoms with Crippen molar-refractivity contribution >= 4 is 22.9 Å². The zero-order valence-corrected chi connectivity index (χ0v) is 10.2. The predicted molar refractivity (Wildman–Crippen MR) is 65.3 cm³/mol. The van der Waals surface area contributed by atoms with Crippen molar-refractivity contribution in [3.8, 4) is 0 Å². The first-order chi connectivity index (χ1) is 6.70. The van der Waals surface area contributed by atoms with Gasteiger partial charge in [-0.1, -0.05) is 24.6 Å². The summed E-state index contributed by atoms with van der Waals surface area (Å²) in [4.78, 5) is 1.23. The van der Waals surface area contributed by atoms with Gasteiger partial charge in [0.25, 0.3) is 0 Å². The van der Waals surface area contributed by atoms with Crippen molar-refractivity contribution in [3.63, 3.8) is 0 Å². The quantitative estimate of drug-likeness (QED) is 0.755. The SMILES string of the molecule is C=CCC(NCC)c1scc(C)c1Cl. The van der Waals surface area contributed by atoms with Gasteiger partial charge in [0, 0.05) is 10.9 Å². The van der Waals surface area contributed by atoms with Gasteiger partial charge in [-0.15, -0.1) is 17.9 Å². The molecule has 0 amide bonds. The Morgan fingerprint density at radius 3 is 2.86 bits per heavy atom. The molecule has 1 unspecified atom stereocenters. The first-order valence-electron chi connectivity index (χ1n) is 4.78. The van der Waals surface area contributed by atoms with E-state index in [2.05, 4.69) is 24.2 Å². The van der Waals surface area contributed by atoms with Crippen molar-refractivity contribution in [2.24, 2.45) is 0 Å². The molecule has 1 atom stereocenters. The maximum atomic E-state index is 6.21. The Kier molecular flexibility index (Phi) is 4.66. The summed E-state index contributed by atoms with van der Waals surface area (Å²) in [6.07, 6.45) is 2.85. The molecule has 1 nitrogen and oxygen atoms in total.